The molecule has 104 valence electrons. The van der Waals surface area contributed by atoms with Gasteiger partial charge in [-0.15, -0.1) is 0 Å². The predicted molar refractivity (Wildman–Crippen MR) is 79.8 cm³/mol. The molecule has 1 aliphatic rings. The van der Waals surface area contributed by atoms with Gasteiger partial charge in [-0.3, -0.25) is 5.41 Å². The van der Waals surface area contributed by atoms with Crippen LogP contribution >= 0.6 is 0 Å². The van der Waals surface area contributed by atoms with Crippen molar-refractivity contribution in [1.82, 2.24) is 4.98 Å². The second-order valence-corrected chi connectivity index (χ2v) is 5.62. The predicted octanol–water partition coefficient (Wildman–Crippen LogP) is 2.69. The molecule has 4 nitrogen and oxygen atoms in total. The van der Waals surface area contributed by atoms with Gasteiger partial charge in [0.05, 0.1) is 5.56 Å². The molecule has 3 N–H and O–H groups in total. The quantitative estimate of drug-likeness (QED) is 0.646. The zero-order valence-corrected chi connectivity index (χ0v) is 11.9. The zero-order chi connectivity index (χ0) is 13.8. The standard InChI is InChI=1S/C15H24N4/c1-11-8-9-13(14(16)17)15(18-11)19(2)10-12-6-4-3-5-7-12/h8-9,12H,3-7,10H2,1-2H3,(H3,16,17). The fourth-order valence-electron chi connectivity index (χ4n) is 2.89. The second-order valence-electron chi connectivity index (χ2n) is 5.62. The lowest BCUT2D eigenvalue weighted by Gasteiger charge is -2.28. The lowest BCUT2D eigenvalue weighted by atomic mass is 9.89. The van der Waals surface area contributed by atoms with Gasteiger partial charge < -0.3 is 10.6 Å². The first-order valence-electron chi connectivity index (χ1n) is 7.11. The number of hydrogen-bond acceptors (Lipinski definition) is 3. The molecular weight excluding hydrogens is 236 g/mol. The molecule has 0 unspecified atom stereocenters. The summed E-state index contributed by atoms with van der Waals surface area (Å²) < 4.78 is 0. The summed E-state index contributed by atoms with van der Waals surface area (Å²) in [7, 11) is 2.06. The molecule has 0 amide bonds. The first kappa shape index (κ1) is 13.8. The van der Waals surface area contributed by atoms with Gasteiger partial charge in [0.25, 0.3) is 0 Å². The highest BCUT2D eigenvalue weighted by Crippen LogP contribution is 2.26. The third-order valence-corrected chi connectivity index (χ3v) is 3.92. The van der Waals surface area contributed by atoms with Gasteiger partial charge in [-0.25, -0.2) is 4.98 Å². The Bertz CT molecular complexity index is 449. The van der Waals surface area contributed by atoms with Gasteiger partial charge in [-0.1, -0.05) is 19.3 Å². The number of amidine groups is 1. The summed E-state index contributed by atoms with van der Waals surface area (Å²) >= 11 is 0. The molecule has 1 heterocycles. The molecule has 1 aromatic heterocycles. The van der Waals surface area contributed by atoms with E-state index in [4.69, 9.17) is 11.1 Å². The minimum atomic E-state index is 0.0954. The van der Waals surface area contributed by atoms with Crippen LogP contribution in [0.1, 0.15) is 43.4 Å². The average molecular weight is 260 g/mol. The Hall–Kier alpha value is -1.58. The molecule has 1 aliphatic carbocycles. The van der Waals surface area contributed by atoms with Crippen LogP contribution in [0.4, 0.5) is 5.82 Å². The summed E-state index contributed by atoms with van der Waals surface area (Å²) in [5.74, 6) is 1.69. The normalized spacial score (nSPS) is 16.3. The molecule has 0 bridgehead atoms. The number of rotatable bonds is 4. The number of anilines is 1. The van der Waals surface area contributed by atoms with E-state index in [0.29, 0.717) is 0 Å². The first-order chi connectivity index (χ1) is 9.08. The number of nitrogens with two attached hydrogens (primary N) is 1. The van der Waals surface area contributed by atoms with Gasteiger partial charge in [0.2, 0.25) is 0 Å². The fraction of sp³-hybridized carbons (Fsp3) is 0.600. The number of hydrogen-bond donors (Lipinski definition) is 2. The molecule has 1 aromatic rings. The van der Waals surface area contributed by atoms with E-state index < -0.39 is 0 Å². The molecule has 4 heteroatoms. The molecular formula is C15H24N4. The Morgan fingerprint density at radius 2 is 2.05 bits per heavy atom. The fourth-order valence-corrected chi connectivity index (χ4v) is 2.89. The van der Waals surface area contributed by atoms with Crippen LogP contribution in [-0.4, -0.2) is 24.4 Å². The Balaban J connectivity index is 2.14. The molecule has 0 aliphatic heterocycles. The smallest absolute Gasteiger partial charge is 0.139 e. The number of nitrogens with zero attached hydrogens (tertiary/aromatic N) is 2. The lowest BCUT2D eigenvalue weighted by Crippen LogP contribution is -2.30. The maximum atomic E-state index is 7.67. The summed E-state index contributed by atoms with van der Waals surface area (Å²) in [6, 6.07) is 3.81. The summed E-state index contributed by atoms with van der Waals surface area (Å²) in [6.45, 7) is 2.98. The second kappa shape index (κ2) is 6.04. The summed E-state index contributed by atoms with van der Waals surface area (Å²) in [6.07, 6.45) is 6.69. The molecule has 0 aromatic carbocycles. The zero-order valence-electron chi connectivity index (χ0n) is 11.9. The number of aryl methyl sites for hydroxylation is 1. The van der Waals surface area contributed by atoms with E-state index in [2.05, 4.69) is 16.9 Å². The van der Waals surface area contributed by atoms with Gasteiger partial charge in [-0.05, 0) is 37.8 Å². The van der Waals surface area contributed by atoms with Crippen molar-refractivity contribution in [2.75, 3.05) is 18.5 Å². The molecule has 19 heavy (non-hydrogen) atoms. The highest BCUT2D eigenvalue weighted by atomic mass is 15.2. The molecule has 0 radical (unpaired) electrons. The maximum absolute atomic E-state index is 7.67. The Labute approximate surface area is 115 Å². The van der Waals surface area contributed by atoms with E-state index in [-0.39, 0.29) is 5.84 Å². The van der Waals surface area contributed by atoms with Crippen molar-refractivity contribution in [2.45, 2.75) is 39.0 Å². The van der Waals surface area contributed by atoms with Crippen LogP contribution in [0.3, 0.4) is 0 Å². The summed E-state index contributed by atoms with van der Waals surface area (Å²) in [5, 5.41) is 7.67. The van der Waals surface area contributed by atoms with Crippen LogP contribution < -0.4 is 10.6 Å². The van der Waals surface area contributed by atoms with Crippen molar-refractivity contribution >= 4 is 11.7 Å². The third kappa shape index (κ3) is 3.46. The average Bonchev–Trinajstić information content (AvgIpc) is 2.39. The van der Waals surface area contributed by atoms with Crippen molar-refractivity contribution < 1.29 is 0 Å². The van der Waals surface area contributed by atoms with Crippen LogP contribution in [0.2, 0.25) is 0 Å². The Morgan fingerprint density at radius 3 is 2.68 bits per heavy atom. The van der Waals surface area contributed by atoms with Gasteiger partial charge in [0.1, 0.15) is 11.7 Å². The van der Waals surface area contributed by atoms with E-state index in [1.807, 2.05) is 19.1 Å². The highest BCUT2D eigenvalue weighted by Gasteiger charge is 2.18. The van der Waals surface area contributed by atoms with E-state index in [1.165, 1.54) is 32.1 Å². The van der Waals surface area contributed by atoms with E-state index in [9.17, 15) is 0 Å². The van der Waals surface area contributed by atoms with Crippen molar-refractivity contribution in [2.24, 2.45) is 11.7 Å². The topological polar surface area (TPSA) is 66.0 Å². The maximum Gasteiger partial charge on any atom is 0.139 e. The molecule has 0 saturated heterocycles. The minimum Gasteiger partial charge on any atom is -0.384 e. The van der Waals surface area contributed by atoms with E-state index >= 15 is 0 Å². The van der Waals surface area contributed by atoms with Crippen molar-refractivity contribution in [3.05, 3.63) is 23.4 Å². The summed E-state index contributed by atoms with van der Waals surface area (Å²) in [5.41, 5.74) is 7.36. The van der Waals surface area contributed by atoms with Crippen molar-refractivity contribution in [3.8, 4) is 0 Å². The third-order valence-electron chi connectivity index (χ3n) is 3.92. The number of nitrogens with one attached hydrogen (secondary N) is 1. The van der Waals surface area contributed by atoms with Crippen LogP contribution in [-0.2, 0) is 0 Å². The van der Waals surface area contributed by atoms with Gasteiger partial charge >= 0.3 is 0 Å². The highest BCUT2D eigenvalue weighted by molar-refractivity contribution is 5.99. The molecule has 0 spiro atoms. The molecule has 2 rings (SSSR count). The number of pyridine rings is 1. The van der Waals surface area contributed by atoms with Crippen molar-refractivity contribution in [3.63, 3.8) is 0 Å². The van der Waals surface area contributed by atoms with Crippen LogP contribution in [0.25, 0.3) is 0 Å². The monoisotopic (exact) mass is 260 g/mol. The van der Waals surface area contributed by atoms with Crippen LogP contribution in [0.15, 0.2) is 12.1 Å². The van der Waals surface area contributed by atoms with E-state index in [0.717, 1.165) is 29.5 Å². The molecule has 0 atom stereocenters. The van der Waals surface area contributed by atoms with E-state index in [1.54, 1.807) is 0 Å². The van der Waals surface area contributed by atoms with Crippen molar-refractivity contribution in [1.29, 1.82) is 5.41 Å². The molecule has 1 fully saturated rings. The SMILES string of the molecule is Cc1ccc(C(=N)N)c(N(C)CC2CCCCC2)n1. The van der Waals surface area contributed by atoms with Crippen LogP contribution in [0, 0.1) is 18.3 Å². The largest absolute Gasteiger partial charge is 0.384 e. The first-order valence-corrected chi connectivity index (χ1v) is 7.11. The Kier molecular flexibility index (Phi) is 4.40. The number of nitrogen functional groups attached to an aromatic ring is 1. The Morgan fingerprint density at radius 1 is 1.37 bits per heavy atom. The minimum absolute atomic E-state index is 0.0954. The number of aromatic nitrogens is 1. The molecule has 1 saturated carbocycles. The van der Waals surface area contributed by atoms with Gasteiger partial charge in [0, 0.05) is 19.3 Å². The summed E-state index contributed by atoms with van der Waals surface area (Å²) in [4.78, 5) is 6.73. The van der Waals surface area contributed by atoms with Gasteiger partial charge in [-0.2, -0.15) is 0 Å². The lowest BCUT2D eigenvalue weighted by molar-refractivity contribution is 0.361. The van der Waals surface area contributed by atoms with Crippen LogP contribution in [0.5, 0.6) is 0 Å². The van der Waals surface area contributed by atoms with Gasteiger partial charge in [0.15, 0.2) is 0 Å².